The molecule has 126 valence electrons. The Morgan fingerprint density at radius 1 is 0.952 bits per heavy atom. The first-order valence-corrected chi connectivity index (χ1v) is 7.67. The molecule has 0 rings (SSSR count). The van der Waals surface area contributed by atoms with Crippen molar-refractivity contribution < 1.29 is 23.7 Å². The molecule has 0 bridgehead atoms. The molecule has 0 aliphatic carbocycles. The van der Waals surface area contributed by atoms with Crippen molar-refractivity contribution in [2.24, 2.45) is 0 Å². The van der Waals surface area contributed by atoms with Crippen molar-refractivity contribution in [3.8, 4) is 0 Å². The molecule has 6 nitrogen and oxygen atoms in total. The van der Waals surface area contributed by atoms with E-state index >= 15 is 0 Å². The second kappa shape index (κ2) is 14.3. The first kappa shape index (κ1) is 20.3. The monoisotopic (exact) mass is 305 g/mol. The molecule has 0 aliphatic heterocycles. The molecular formula is C15H31NO5. The Balaban J connectivity index is 3.14. The molecule has 0 saturated heterocycles. The van der Waals surface area contributed by atoms with Gasteiger partial charge in [-0.25, -0.2) is 0 Å². The van der Waals surface area contributed by atoms with Gasteiger partial charge in [-0.2, -0.15) is 0 Å². The summed E-state index contributed by atoms with van der Waals surface area (Å²) >= 11 is 0. The van der Waals surface area contributed by atoms with Gasteiger partial charge in [-0.05, 0) is 27.8 Å². The summed E-state index contributed by atoms with van der Waals surface area (Å²) in [5.74, 6) is -0.224. The zero-order valence-corrected chi connectivity index (χ0v) is 13.9. The number of likely N-dealkylation sites (N-methyl/N-ethyl adjacent to an activating group) is 1. The molecule has 0 radical (unpaired) electrons. The van der Waals surface area contributed by atoms with Gasteiger partial charge in [-0.1, -0.05) is 0 Å². The highest BCUT2D eigenvalue weighted by molar-refractivity contribution is 5.69. The van der Waals surface area contributed by atoms with Crippen LogP contribution in [0.5, 0.6) is 0 Å². The second-order valence-corrected chi connectivity index (χ2v) is 4.97. The van der Waals surface area contributed by atoms with E-state index in [0.717, 1.165) is 6.54 Å². The third-order valence-electron chi connectivity index (χ3n) is 2.97. The SMILES string of the molecule is CCOC(=O)CCOCCOCCOCCN(C)C(C)C. The minimum Gasteiger partial charge on any atom is -0.466 e. The van der Waals surface area contributed by atoms with Gasteiger partial charge >= 0.3 is 5.97 Å². The number of ether oxygens (including phenoxy) is 4. The Kier molecular flexibility index (Phi) is 13.8. The summed E-state index contributed by atoms with van der Waals surface area (Å²) in [7, 11) is 2.08. The number of rotatable bonds is 14. The van der Waals surface area contributed by atoms with E-state index in [-0.39, 0.29) is 5.97 Å². The number of carbonyl (C=O) groups is 1. The van der Waals surface area contributed by atoms with E-state index in [1.54, 1.807) is 6.92 Å². The zero-order chi connectivity index (χ0) is 15.9. The lowest BCUT2D eigenvalue weighted by atomic mass is 10.3. The summed E-state index contributed by atoms with van der Waals surface area (Å²) in [6.45, 7) is 10.7. The molecule has 0 aromatic heterocycles. The smallest absolute Gasteiger partial charge is 0.308 e. The fourth-order valence-corrected chi connectivity index (χ4v) is 1.40. The second-order valence-electron chi connectivity index (χ2n) is 4.97. The first-order valence-electron chi connectivity index (χ1n) is 7.67. The highest BCUT2D eigenvalue weighted by Gasteiger charge is 2.02. The molecule has 0 N–H and O–H groups in total. The molecular weight excluding hydrogens is 274 g/mol. The summed E-state index contributed by atoms with van der Waals surface area (Å²) < 4.78 is 20.9. The lowest BCUT2D eigenvalue weighted by Gasteiger charge is -2.20. The molecule has 0 saturated carbocycles. The maximum absolute atomic E-state index is 11.0. The first-order chi connectivity index (χ1) is 10.1. The minimum absolute atomic E-state index is 0.224. The van der Waals surface area contributed by atoms with E-state index in [1.807, 2.05) is 0 Å². The number of hydrogen-bond donors (Lipinski definition) is 0. The van der Waals surface area contributed by atoms with Crippen LogP contribution in [0.4, 0.5) is 0 Å². The third kappa shape index (κ3) is 14.0. The molecule has 21 heavy (non-hydrogen) atoms. The van der Waals surface area contributed by atoms with Crippen LogP contribution in [-0.2, 0) is 23.7 Å². The van der Waals surface area contributed by atoms with Crippen LogP contribution in [0.1, 0.15) is 27.2 Å². The molecule has 0 heterocycles. The Morgan fingerprint density at radius 2 is 1.48 bits per heavy atom. The zero-order valence-electron chi connectivity index (χ0n) is 13.9. The van der Waals surface area contributed by atoms with Crippen LogP contribution in [0.25, 0.3) is 0 Å². The van der Waals surface area contributed by atoms with Crippen molar-refractivity contribution in [3.05, 3.63) is 0 Å². The van der Waals surface area contributed by atoms with E-state index in [4.69, 9.17) is 18.9 Å². The van der Waals surface area contributed by atoms with E-state index in [0.29, 0.717) is 58.7 Å². The normalized spacial score (nSPS) is 11.3. The Labute approximate surface area is 128 Å². The van der Waals surface area contributed by atoms with Gasteiger partial charge in [-0.15, -0.1) is 0 Å². The number of hydrogen-bond acceptors (Lipinski definition) is 6. The maximum atomic E-state index is 11.0. The summed E-state index contributed by atoms with van der Waals surface area (Å²) in [5, 5.41) is 0. The summed E-state index contributed by atoms with van der Waals surface area (Å²) in [5.41, 5.74) is 0. The predicted octanol–water partition coefficient (Wildman–Crippen LogP) is 1.33. The average Bonchev–Trinajstić information content (AvgIpc) is 2.44. The topological polar surface area (TPSA) is 57.2 Å². The van der Waals surface area contributed by atoms with Crippen LogP contribution < -0.4 is 0 Å². The van der Waals surface area contributed by atoms with Gasteiger partial charge in [0.15, 0.2) is 0 Å². The lowest BCUT2D eigenvalue weighted by Crippen LogP contribution is -2.30. The molecule has 0 unspecified atom stereocenters. The van der Waals surface area contributed by atoms with Crippen molar-refractivity contribution >= 4 is 5.97 Å². The lowest BCUT2D eigenvalue weighted by molar-refractivity contribution is -0.144. The van der Waals surface area contributed by atoms with Crippen molar-refractivity contribution in [2.45, 2.75) is 33.2 Å². The summed E-state index contributed by atoms with van der Waals surface area (Å²) in [6, 6.07) is 0.539. The van der Waals surface area contributed by atoms with Crippen molar-refractivity contribution in [1.82, 2.24) is 4.90 Å². The quantitative estimate of drug-likeness (QED) is 0.356. The third-order valence-corrected chi connectivity index (χ3v) is 2.97. The van der Waals surface area contributed by atoms with Crippen molar-refractivity contribution in [3.63, 3.8) is 0 Å². The minimum atomic E-state index is -0.224. The van der Waals surface area contributed by atoms with Gasteiger partial charge in [0.2, 0.25) is 0 Å². The molecule has 0 atom stereocenters. The Morgan fingerprint density at radius 3 is 2.00 bits per heavy atom. The van der Waals surface area contributed by atoms with E-state index in [9.17, 15) is 4.79 Å². The van der Waals surface area contributed by atoms with Crippen LogP contribution in [0, 0.1) is 0 Å². The van der Waals surface area contributed by atoms with Crippen LogP contribution in [0.2, 0.25) is 0 Å². The summed E-state index contributed by atoms with van der Waals surface area (Å²) in [4.78, 5) is 13.2. The van der Waals surface area contributed by atoms with E-state index < -0.39 is 0 Å². The molecule has 0 fully saturated rings. The summed E-state index contributed by atoms with van der Waals surface area (Å²) in [6.07, 6.45) is 0.292. The fraction of sp³-hybridized carbons (Fsp3) is 0.933. The largest absolute Gasteiger partial charge is 0.466 e. The molecule has 0 aliphatic rings. The van der Waals surface area contributed by atoms with Gasteiger partial charge in [-0.3, -0.25) is 4.79 Å². The molecule has 0 spiro atoms. The van der Waals surface area contributed by atoms with Crippen molar-refractivity contribution in [1.29, 1.82) is 0 Å². The van der Waals surface area contributed by atoms with Crippen LogP contribution in [-0.4, -0.2) is 76.8 Å². The molecule has 0 aromatic rings. The highest BCUT2D eigenvalue weighted by atomic mass is 16.5. The number of esters is 1. The average molecular weight is 305 g/mol. The van der Waals surface area contributed by atoms with Crippen LogP contribution in [0.15, 0.2) is 0 Å². The van der Waals surface area contributed by atoms with Gasteiger partial charge < -0.3 is 23.8 Å². The molecule has 0 aromatic carbocycles. The predicted molar refractivity (Wildman–Crippen MR) is 81.5 cm³/mol. The number of nitrogens with zero attached hydrogens (tertiary/aromatic N) is 1. The molecule has 6 heteroatoms. The molecule has 0 amide bonds. The van der Waals surface area contributed by atoms with E-state index in [1.165, 1.54) is 0 Å². The number of carbonyl (C=O) groups excluding carboxylic acids is 1. The Hall–Kier alpha value is -0.690. The Bertz CT molecular complexity index is 248. The van der Waals surface area contributed by atoms with Crippen LogP contribution >= 0.6 is 0 Å². The van der Waals surface area contributed by atoms with E-state index in [2.05, 4.69) is 25.8 Å². The van der Waals surface area contributed by atoms with Crippen molar-refractivity contribution in [2.75, 3.05) is 59.8 Å². The fourth-order valence-electron chi connectivity index (χ4n) is 1.40. The van der Waals surface area contributed by atoms with Crippen LogP contribution in [0.3, 0.4) is 0 Å². The highest BCUT2D eigenvalue weighted by Crippen LogP contribution is 1.92. The maximum Gasteiger partial charge on any atom is 0.308 e. The van der Waals surface area contributed by atoms with Gasteiger partial charge in [0.05, 0.1) is 52.7 Å². The van der Waals surface area contributed by atoms with Gasteiger partial charge in [0, 0.05) is 12.6 Å². The standard InChI is InChI=1S/C15H31NO5/c1-5-21-15(17)6-8-18-10-12-20-13-11-19-9-7-16(4)14(2)3/h14H,5-13H2,1-4H3. The van der Waals surface area contributed by atoms with Gasteiger partial charge in [0.1, 0.15) is 0 Å². The van der Waals surface area contributed by atoms with Gasteiger partial charge in [0.25, 0.3) is 0 Å².